The van der Waals surface area contributed by atoms with Crippen LogP contribution in [0.25, 0.3) is 11.2 Å². The van der Waals surface area contributed by atoms with E-state index in [-0.39, 0.29) is 17.8 Å². The zero-order valence-electron chi connectivity index (χ0n) is 10.3. The molecule has 0 aliphatic carbocycles. The van der Waals surface area contributed by atoms with Crippen molar-refractivity contribution in [2.75, 3.05) is 13.6 Å². The summed E-state index contributed by atoms with van der Waals surface area (Å²) in [5.74, 6) is 0.962. The van der Waals surface area contributed by atoms with Gasteiger partial charge in [0.15, 0.2) is 5.65 Å². The molecule has 0 aromatic carbocycles. The quantitative estimate of drug-likeness (QED) is 0.799. The minimum Gasteiger partial charge on any atom is -0.344 e. The van der Waals surface area contributed by atoms with E-state index in [1.54, 1.807) is 24.2 Å². The first kappa shape index (κ1) is 12.7. The average molecular weight is 299 g/mol. The van der Waals surface area contributed by atoms with Gasteiger partial charge in [-0.05, 0) is 12.5 Å². The van der Waals surface area contributed by atoms with Gasteiger partial charge in [-0.25, -0.2) is 9.97 Å². The minimum atomic E-state index is -0.266. The van der Waals surface area contributed by atoms with E-state index in [9.17, 15) is 4.79 Å². The van der Waals surface area contributed by atoms with Crippen LogP contribution in [0.3, 0.4) is 0 Å². The predicted octanol–water partition coefficient (Wildman–Crippen LogP) is 2.23. The summed E-state index contributed by atoms with van der Waals surface area (Å²) in [6.45, 7) is 0.735. The number of amides is 1. The number of fused-ring (bicyclic) bond motifs is 1. The second kappa shape index (κ2) is 4.65. The topological polar surface area (TPSA) is 51.0 Å². The van der Waals surface area contributed by atoms with Gasteiger partial charge in [0.05, 0.1) is 10.9 Å². The number of carbonyl (C=O) groups is 1. The number of imidazole rings is 1. The Morgan fingerprint density at radius 1 is 1.53 bits per heavy atom. The SMILES string of the molecule is CN1CCC(n2c(CCl)nc3cc(Cl)cnc32)C1=O. The maximum absolute atomic E-state index is 12.2. The maximum Gasteiger partial charge on any atom is 0.245 e. The van der Waals surface area contributed by atoms with Crippen LogP contribution < -0.4 is 0 Å². The van der Waals surface area contributed by atoms with E-state index in [1.165, 1.54) is 0 Å². The van der Waals surface area contributed by atoms with Crippen molar-refractivity contribution < 1.29 is 4.79 Å². The van der Waals surface area contributed by atoms with Crippen molar-refractivity contribution in [3.63, 3.8) is 0 Å². The number of hydrogen-bond acceptors (Lipinski definition) is 3. The number of nitrogens with zero attached hydrogens (tertiary/aromatic N) is 4. The zero-order chi connectivity index (χ0) is 13.6. The highest BCUT2D eigenvalue weighted by molar-refractivity contribution is 6.31. The molecule has 0 saturated carbocycles. The van der Waals surface area contributed by atoms with E-state index in [4.69, 9.17) is 23.2 Å². The van der Waals surface area contributed by atoms with E-state index in [0.717, 1.165) is 13.0 Å². The number of likely N-dealkylation sites (N-methyl/N-ethyl adjacent to an activating group) is 1. The number of hydrogen-bond donors (Lipinski definition) is 0. The second-order valence-corrected chi connectivity index (χ2v) is 5.30. The summed E-state index contributed by atoms with van der Waals surface area (Å²) in [5, 5.41) is 0.521. The second-order valence-electron chi connectivity index (χ2n) is 4.59. The number of likely N-dealkylation sites (tertiary alicyclic amines) is 1. The third kappa shape index (κ3) is 1.97. The lowest BCUT2D eigenvalue weighted by Gasteiger charge is -2.14. The standard InChI is InChI=1S/C12H12Cl2N4O/c1-17-3-2-9(12(17)19)18-10(5-13)16-8-4-7(14)6-15-11(8)18/h4,6,9H,2-3,5H2,1H3. The van der Waals surface area contributed by atoms with Crippen molar-refractivity contribution in [3.8, 4) is 0 Å². The summed E-state index contributed by atoms with van der Waals surface area (Å²) < 4.78 is 1.84. The highest BCUT2D eigenvalue weighted by Crippen LogP contribution is 2.29. The highest BCUT2D eigenvalue weighted by Gasteiger charge is 2.33. The van der Waals surface area contributed by atoms with Crippen LogP contribution in [0.2, 0.25) is 5.02 Å². The number of aromatic nitrogens is 3. The van der Waals surface area contributed by atoms with Gasteiger partial charge in [-0.3, -0.25) is 9.36 Å². The summed E-state index contributed by atoms with van der Waals surface area (Å²) >= 11 is 11.9. The van der Waals surface area contributed by atoms with Crippen molar-refractivity contribution in [2.24, 2.45) is 0 Å². The van der Waals surface area contributed by atoms with Crippen LogP contribution >= 0.6 is 23.2 Å². The average Bonchev–Trinajstić information content (AvgIpc) is 2.90. The van der Waals surface area contributed by atoms with E-state index in [0.29, 0.717) is 22.0 Å². The molecule has 5 nitrogen and oxygen atoms in total. The van der Waals surface area contributed by atoms with Crippen LogP contribution in [0.4, 0.5) is 0 Å². The van der Waals surface area contributed by atoms with E-state index in [1.807, 2.05) is 4.57 Å². The van der Waals surface area contributed by atoms with Crippen LogP contribution in [0.15, 0.2) is 12.3 Å². The molecule has 3 rings (SSSR count). The van der Waals surface area contributed by atoms with Gasteiger partial charge in [0.1, 0.15) is 17.4 Å². The number of halogens is 2. The fourth-order valence-corrected chi connectivity index (χ4v) is 2.81. The Hall–Kier alpha value is -1.33. The van der Waals surface area contributed by atoms with Crippen LogP contribution in [0.5, 0.6) is 0 Å². The van der Waals surface area contributed by atoms with Gasteiger partial charge < -0.3 is 4.90 Å². The van der Waals surface area contributed by atoms with E-state index in [2.05, 4.69) is 9.97 Å². The molecule has 0 N–H and O–H groups in total. The summed E-state index contributed by atoms with van der Waals surface area (Å²) in [4.78, 5) is 22.6. The third-order valence-electron chi connectivity index (χ3n) is 3.40. The Morgan fingerprint density at radius 3 is 2.95 bits per heavy atom. The third-order valence-corrected chi connectivity index (χ3v) is 3.85. The Bertz CT molecular complexity index is 654. The van der Waals surface area contributed by atoms with Crippen molar-refractivity contribution in [2.45, 2.75) is 18.3 Å². The summed E-state index contributed by atoms with van der Waals surface area (Å²) in [5.41, 5.74) is 1.33. The Labute approximate surface area is 120 Å². The summed E-state index contributed by atoms with van der Waals surface area (Å²) in [6, 6.07) is 1.47. The molecular weight excluding hydrogens is 287 g/mol. The van der Waals surface area contributed by atoms with E-state index < -0.39 is 0 Å². The van der Waals surface area contributed by atoms with Crippen LogP contribution in [0.1, 0.15) is 18.3 Å². The van der Waals surface area contributed by atoms with Crippen molar-refractivity contribution >= 4 is 40.3 Å². The highest BCUT2D eigenvalue weighted by atomic mass is 35.5. The number of carbonyl (C=O) groups excluding carboxylic acids is 1. The molecule has 3 heterocycles. The lowest BCUT2D eigenvalue weighted by molar-refractivity contribution is -0.129. The molecule has 1 unspecified atom stereocenters. The Morgan fingerprint density at radius 2 is 2.32 bits per heavy atom. The summed E-state index contributed by atoms with van der Waals surface area (Å²) in [6.07, 6.45) is 2.30. The van der Waals surface area contributed by atoms with Crippen LogP contribution in [-0.4, -0.2) is 38.9 Å². The molecule has 1 aliphatic rings. The van der Waals surface area contributed by atoms with Crippen LogP contribution in [-0.2, 0) is 10.7 Å². The van der Waals surface area contributed by atoms with Gasteiger partial charge >= 0.3 is 0 Å². The number of pyridine rings is 1. The van der Waals surface area contributed by atoms with Crippen molar-refractivity contribution in [1.29, 1.82) is 0 Å². The van der Waals surface area contributed by atoms with Gasteiger partial charge in [-0.15, -0.1) is 11.6 Å². The fourth-order valence-electron chi connectivity index (χ4n) is 2.47. The Balaban J connectivity index is 2.19. The molecule has 1 aliphatic heterocycles. The molecule has 2 aromatic rings. The molecule has 19 heavy (non-hydrogen) atoms. The molecule has 1 fully saturated rings. The fraction of sp³-hybridized carbons (Fsp3) is 0.417. The largest absolute Gasteiger partial charge is 0.344 e. The van der Waals surface area contributed by atoms with Crippen molar-refractivity contribution in [3.05, 3.63) is 23.1 Å². The number of alkyl halides is 1. The maximum atomic E-state index is 12.2. The van der Waals surface area contributed by atoms with Crippen LogP contribution in [0, 0.1) is 0 Å². The van der Waals surface area contributed by atoms with Gasteiger partial charge in [0.2, 0.25) is 5.91 Å². The molecule has 1 atom stereocenters. The first-order valence-electron chi connectivity index (χ1n) is 5.95. The van der Waals surface area contributed by atoms with Gasteiger partial charge in [0.25, 0.3) is 0 Å². The summed E-state index contributed by atoms with van der Waals surface area (Å²) in [7, 11) is 1.80. The molecule has 2 aromatic heterocycles. The normalized spacial score (nSPS) is 19.6. The monoisotopic (exact) mass is 298 g/mol. The molecule has 0 spiro atoms. The predicted molar refractivity (Wildman–Crippen MR) is 73.4 cm³/mol. The molecule has 100 valence electrons. The molecule has 0 bridgehead atoms. The number of rotatable bonds is 2. The lowest BCUT2D eigenvalue weighted by Crippen LogP contribution is -2.25. The lowest BCUT2D eigenvalue weighted by atomic mass is 10.2. The first-order chi connectivity index (χ1) is 9.11. The Kier molecular flexibility index (Phi) is 3.11. The molecule has 1 saturated heterocycles. The van der Waals surface area contributed by atoms with Gasteiger partial charge in [-0.2, -0.15) is 0 Å². The van der Waals surface area contributed by atoms with E-state index >= 15 is 0 Å². The van der Waals surface area contributed by atoms with Gasteiger partial charge in [-0.1, -0.05) is 11.6 Å². The molecule has 0 radical (unpaired) electrons. The smallest absolute Gasteiger partial charge is 0.245 e. The minimum absolute atomic E-state index is 0.0717. The molecule has 1 amide bonds. The molecule has 7 heteroatoms. The van der Waals surface area contributed by atoms with Gasteiger partial charge in [0, 0.05) is 19.8 Å². The molecular formula is C12H12Cl2N4O. The van der Waals surface area contributed by atoms with Crippen molar-refractivity contribution in [1.82, 2.24) is 19.4 Å². The zero-order valence-corrected chi connectivity index (χ0v) is 11.8. The first-order valence-corrected chi connectivity index (χ1v) is 6.86.